The molecular formula is C12H13F3N2O2. The van der Waals surface area contributed by atoms with E-state index in [1.165, 1.54) is 0 Å². The van der Waals surface area contributed by atoms with E-state index in [9.17, 15) is 22.8 Å². The summed E-state index contributed by atoms with van der Waals surface area (Å²) in [5.74, 6) is -2.52. The Labute approximate surface area is 108 Å². The highest BCUT2D eigenvalue weighted by molar-refractivity contribution is 6.07. The van der Waals surface area contributed by atoms with Crippen LogP contribution in [0.3, 0.4) is 0 Å². The van der Waals surface area contributed by atoms with Crippen molar-refractivity contribution in [1.82, 2.24) is 4.98 Å². The highest BCUT2D eigenvalue weighted by atomic mass is 19.4. The van der Waals surface area contributed by atoms with Crippen LogP contribution in [0, 0.1) is 5.41 Å². The van der Waals surface area contributed by atoms with Crippen LogP contribution in [0.2, 0.25) is 0 Å². The number of nitrogens with one attached hydrogen (secondary N) is 1. The van der Waals surface area contributed by atoms with E-state index in [4.69, 9.17) is 0 Å². The van der Waals surface area contributed by atoms with Crippen LogP contribution in [0.1, 0.15) is 31.1 Å². The number of aromatic nitrogens is 1. The van der Waals surface area contributed by atoms with Crippen LogP contribution in [0.25, 0.3) is 0 Å². The van der Waals surface area contributed by atoms with Crippen molar-refractivity contribution in [3.05, 3.63) is 24.0 Å². The van der Waals surface area contributed by atoms with Gasteiger partial charge in [-0.15, -0.1) is 0 Å². The number of anilines is 1. The third kappa shape index (κ3) is 3.77. The van der Waals surface area contributed by atoms with E-state index in [0.29, 0.717) is 0 Å². The number of halogens is 3. The van der Waals surface area contributed by atoms with E-state index in [2.05, 4.69) is 10.3 Å². The maximum absolute atomic E-state index is 12.4. The molecule has 0 aromatic carbocycles. The van der Waals surface area contributed by atoms with Gasteiger partial charge in [0.05, 0.1) is 17.4 Å². The van der Waals surface area contributed by atoms with Crippen LogP contribution in [-0.2, 0) is 4.79 Å². The summed E-state index contributed by atoms with van der Waals surface area (Å²) in [5, 5.41) is 2.28. The molecule has 0 aliphatic heterocycles. The predicted molar refractivity (Wildman–Crippen MR) is 62.7 cm³/mol. The topological polar surface area (TPSA) is 59.1 Å². The molecule has 0 bridgehead atoms. The van der Waals surface area contributed by atoms with Gasteiger partial charge in [-0.3, -0.25) is 14.6 Å². The molecule has 0 spiro atoms. The second-order valence-electron chi connectivity index (χ2n) is 4.95. The highest BCUT2D eigenvalue weighted by Gasteiger charge is 2.40. The Balaban J connectivity index is 3.11. The fraction of sp³-hybridized carbons (Fsp3) is 0.417. The van der Waals surface area contributed by atoms with E-state index in [0.717, 1.165) is 18.5 Å². The van der Waals surface area contributed by atoms with Gasteiger partial charge in [0.2, 0.25) is 5.91 Å². The fourth-order valence-electron chi connectivity index (χ4n) is 1.15. The lowest BCUT2D eigenvalue weighted by atomic mass is 9.95. The van der Waals surface area contributed by atoms with Gasteiger partial charge in [0.25, 0.3) is 5.78 Å². The van der Waals surface area contributed by atoms with Crippen molar-refractivity contribution >= 4 is 17.4 Å². The Morgan fingerprint density at radius 2 is 1.79 bits per heavy atom. The zero-order valence-electron chi connectivity index (χ0n) is 10.6. The summed E-state index contributed by atoms with van der Waals surface area (Å²) in [6.07, 6.45) is -2.92. The van der Waals surface area contributed by atoms with Gasteiger partial charge in [0.15, 0.2) is 0 Å². The van der Waals surface area contributed by atoms with Gasteiger partial charge in [-0.2, -0.15) is 13.2 Å². The van der Waals surface area contributed by atoms with Crippen molar-refractivity contribution in [3.63, 3.8) is 0 Å². The van der Waals surface area contributed by atoms with Crippen molar-refractivity contribution in [2.75, 3.05) is 5.32 Å². The largest absolute Gasteiger partial charge is 0.454 e. The smallest absolute Gasteiger partial charge is 0.324 e. The zero-order chi connectivity index (χ0) is 14.8. The molecule has 0 saturated carbocycles. The lowest BCUT2D eigenvalue weighted by Crippen LogP contribution is -2.30. The van der Waals surface area contributed by atoms with Crippen molar-refractivity contribution in [2.45, 2.75) is 26.9 Å². The Kier molecular flexibility index (Phi) is 3.97. The number of carbonyl (C=O) groups is 2. The maximum Gasteiger partial charge on any atom is 0.454 e. The third-order valence-corrected chi connectivity index (χ3v) is 2.25. The molecule has 7 heteroatoms. The number of pyridine rings is 1. The molecule has 1 aromatic rings. The Morgan fingerprint density at radius 1 is 1.21 bits per heavy atom. The SMILES string of the molecule is CC(C)(C)C(=O)Nc1cnccc1C(=O)C(F)(F)F. The second-order valence-corrected chi connectivity index (χ2v) is 4.95. The van der Waals surface area contributed by atoms with Crippen molar-refractivity contribution in [1.29, 1.82) is 0 Å². The minimum absolute atomic E-state index is 0.246. The summed E-state index contributed by atoms with van der Waals surface area (Å²) in [6.45, 7) is 4.80. The molecule has 1 rings (SSSR count). The Morgan fingerprint density at radius 3 is 2.26 bits per heavy atom. The molecule has 1 N–H and O–H groups in total. The Hall–Kier alpha value is -1.92. The van der Waals surface area contributed by atoms with Gasteiger partial charge in [0, 0.05) is 11.6 Å². The van der Waals surface area contributed by atoms with Crippen molar-refractivity contribution < 1.29 is 22.8 Å². The van der Waals surface area contributed by atoms with Crippen LogP contribution in [0.4, 0.5) is 18.9 Å². The second kappa shape index (κ2) is 4.99. The van der Waals surface area contributed by atoms with E-state index in [-0.39, 0.29) is 5.69 Å². The number of hydrogen-bond acceptors (Lipinski definition) is 3. The summed E-state index contributed by atoms with van der Waals surface area (Å²) in [7, 11) is 0. The van der Waals surface area contributed by atoms with Crippen LogP contribution >= 0.6 is 0 Å². The van der Waals surface area contributed by atoms with Crippen LogP contribution < -0.4 is 5.32 Å². The first kappa shape index (κ1) is 15.1. The van der Waals surface area contributed by atoms with Crippen molar-refractivity contribution in [2.24, 2.45) is 5.41 Å². The number of hydrogen-bond donors (Lipinski definition) is 1. The van der Waals surface area contributed by atoms with E-state index in [1.807, 2.05) is 0 Å². The summed E-state index contributed by atoms with van der Waals surface area (Å²) in [5.41, 5.74) is -1.67. The van der Waals surface area contributed by atoms with E-state index >= 15 is 0 Å². The van der Waals surface area contributed by atoms with Gasteiger partial charge in [-0.25, -0.2) is 0 Å². The number of amides is 1. The van der Waals surface area contributed by atoms with E-state index < -0.39 is 28.8 Å². The molecule has 0 aliphatic carbocycles. The summed E-state index contributed by atoms with van der Waals surface area (Å²) >= 11 is 0. The molecule has 1 amide bonds. The summed E-state index contributed by atoms with van der Waals surface area (Å²) < 4.78 is 37.2. The minimum Gasteiger partial charge on any atom is -0.324 e. The van der Waals surface area contributed by atoms with Gasteiger partial charge in [0.1, 0.15) is 0 Å². The average Bonchev–Trinajstić information content (AvgIpc) is 2.26. The lowest BCUT2D eigenvalue weighted by Gasteiger charge is -2.19. The molecule has 0 atom stereocenters. The summed E-state index contributed by atoms with van der Waals surface area (Å²) in [6, 6.07) is 0.925. The lowest BCUT2D eigenvalue weighted by molar-refractivity contribution is -0.123. The standard InChI is InChI=1S/C12H13F3N2O2/c1-11(2,3)10(19)17-8-6-16-5-4-7(8)9(18)12(13,14)15/h4-6H,1-3H3,(H,17,19). The van der Waals surface area contributed by atoms with Gasteiger partial charge in [-0.1, -0.05) is 20.8 Å². The minimum atomic E-state index is -5.00. The average molecular weight is 274 g/mol. The highest BCUT2D eigenvalue weighted by Crippen LogP contribution is 2.26. The number of nitrogens with zero attached hydrogens (tertiary/aromatic N) is 1. The molecule has 0 unspecified atom stereocenters. The fourth-order valence-corrected chi connectivity index (χ4v) is 1.15. The molecule has 4 nitrogen and oxygen atoms in total. The number of carbonyl (C=O) groups excluding carboxylic acids is 2. The van der Waals surface area contributed by atoms with Crippen LogP contribution in [0.15, 0.2) is 18.5 Å². The van der Waals surface area contributed by atoms with Crippen LogP contribution in [0.5, 0.6) is 0 Å². The third-order valence-electron chi connectivity index (χ3n) is 2.25. The maximum atomic E-state index is 12.4. The first-order valence-electron chi connectivity index (χ1n) is 5.40. The van der Waals surface area contributed by atoms with Gasteiger partial charge in [-0.05, 0) is 6.07 Å². The van der Waals surface area contributed by atoms with Gasteiger partial charge < -0.3 is 5.32 Å². The zero-order valence-corrected chi connectivity index (χ0v) is 10.6. The monoisotopic (exact) mass is 274 g/mol. The molecule has 1 heterocycles. The molecule has 0 fully saturated rings. The molecule has 0 aliphatic rings. The molecule has 19 heavy (non-hydrogen) atoms. The number of ketones is 1. The number of alkyl halides is 3. The quantitative estimate of drug-likeness (QED) is 0.843. The summed E-state index contributed by atoms with van der Waals surface area (Å²) in [4.78, 5) is 26.6. The molecule has 0 radical (unpaired) electrons. The van der Waals surface area contributed by atoms with Crippen LogP contribution in [-0.4, -0.2) is 22.9 Å². The van der Waals surface area contributed by atoms with Crippen molar-refractivity contribution in [3.8, 4) is 0 Å². The molecule has 0 saturated heterocycles. The Bertz CT molecular complexity index is 504. The molecular weight excluding hydrogens is 261 g/mol. The molecule has 1 aromatic heterocycles. The first-order valence-corrected chi connectivity index (χ1v) is 5.40. The van der Waals surface area contributed by atoms with E-state index in [1.54, 1.807) is 20.8 Å². The normalized spacial score (nSPS) is 12.1. The number of Topliss-reactive ketones (excluding diaryl/α,β-unsaturated/α-hetero) is 1. The first-order chi connectivity index (χ1) is 8.53. The molecule has 104 valence electrons. The van der Waals surface area contributed by atoms with Gasteiger partial charge >= 0.3 is 6.18 Å². The number of rotatable bonds is 2. The predicted octanol–water partition coefficient (Wildman–Crippen LogP) is 2.81.